The van der Waals surface area contributed by atoms with E-state index in [1.807, 2.05) is 0 Å². The van der Waals surface area contributed by atoms with Crippen molar-refractivity contribution in [2.24, 2.45) is 11.8 Å². The van der Waals surface area contributed by atoms with Crippen LogP contribution in [0.1, 0.15) is 33.3 Å². The summed E-state index contributed by atoms with van der Waals surface area (Å²) in [6.07, 6.45) is 0. The Morgan fingerprint density at radius 1 is 1.50 bits per heavy atom. The van der Waals surface area contributed by atoms with Crippen molar-refractivity contribution in [3.05, 3.63) is 34.1 Å². The topological polar surface area (TPSA) is 46.5 Å². The second-order valence-electron chi connectivity index (χ2n) is 5.25. The highest BCUT2D eigenvalue weighted by molar-refractivity contribution is 9.10. The molecule has 0 radical (unpaired) electrons. The number of rotatable bonds is 5. The van der Waals surface area contributed by atoms with Gasteiger partial charge >= 0.3 is 5.97 Å². The summed E-state index contributed by atoms with van der Waals surface area (Å²) in [4.78, 5) is 12.1. The Kier molecular flexibility index (Phi) is 5.71. The lowest BCUT2D eigenvalue weighted by Gasteiger charge is -2.34. The highest BCUT2D eigenvalue weighted by Gasteiger charge is 2.43. The van der Waals surface area contributed by atoms with Gasteiger partial charge in [0.05, 0.1) is 12.5 Å². The van der Waals surface area contributed by atoms with Gasteiger partial charge in [0.1, 0.15) is 11.4 Å². The van der Waals surface area contributed by atoms with E-state index in [9.17, 15) is 14.3 Å². The summed E-state index contributed by atoms with van der Waals surface area (Å²) in [6, 6.07) is 4.30. The number of esters is 1. The highest BCUT2D eigenvalue weighted by atomic mass is 79.9. The van der Waals surface area contributed by atoms with Crippen LogP contribution in [-0.2, 0) is 15.1 Å². The van der Waals surface area contributed by atoms with Crippen LogP contribution in [0.2, 0.25) is 0 Å². The largest absolute Gasteiger partial charge is 0.466 e. The van der Waals surface area contributed by atoms with Crippen LogP contribution in [-0.4, -0.2) is 17.7 Å². The average Bonchev–Trinajstić information content (AvgIpc) is 2.31. The van der Waals surface area contributed by atoms with Gasteiger partial charge in [0.2, 0.25) is 0 Å². The molecule has 0 heterocycles. The second-order valence-corrected chi connectivity index (χ2v) is 6.16. The fourth-order valence-corrected chi connectivity index (χ4v) is 2.80. The summed E-state index contributed by atoms with van der Waals surface area (Å²) in [5, 5.41) is 10.8. The van der Waals surface area contributed by atoms with Crippen LogP contribution < -0.4 is 0 Å². The molecule has 2 atom stereocenters. The Morgan fingerprint density at radius 3 is 2.60 bits per heavy atom. The molecule has 20 heavy (non-hydrogen) atoms. The normalized spacial score (nSPS) is 15.8. The molecule has 2 unspecified atom stereocenters. The molecule has 1 N–H and O–H groups in total. The van der Waals surface area contributed by atoms with Gasteiger partial charge in [-0.05, 0) is 38.0 Å². The van der Waals surface area contributed by atoms with Crippen LogP contribution in [0.15, 0.2) is 22.7 Å². The first-order valence-corrected chi connectivity index (χ1v) is 7.35. The van der Waals surface area contributed by atoms with Crippen LogP contribution in [0, 0.1) is 17.7 Å². The quantitative estimate of drug-likeness (QED) is 0.828. The van der Waals surface area contributed by atoms with Gasteiger partial charge in [0.15, 0.2) is 0 Å². The van der Waals surface area contributed by atoms with E-state index in [0.29, 0.717) is 4.47 Å². The molecule has 0 amide bonds. The number of ether oxygens (including phenoxy) is 1. The van der Waals surface area contributed by atoms with Crippen molar-refractivity contribution in [2.75, 3.05) is 6.61 Å². The van der Waals surface area contributed by atoms with Crippen molar-refractivity contribution < 1.29 is 19.0 Å². The third-order valence-corrected chi connectivity index (χ3v) is 3.78. The fraction of sp³-hybridized carbons (Fsp3) is 0.533. The number of benzene rings is 1. The van der Waals surface area contributed by atoms with E-state index >= 15 is 0 Å². The van der Waals surface area contributed by atoms with Crippen molar-refractivity contribution in [3.8, 4) is 0 Å². The van der Waals surface area contributed by atoms with Crippen molar-refractivity contribution in [3.63, 3.8) is 0 Å². The van der Waals surface area contributed by atoms with E-state index in [2.05, 4.69) is 15.9 Å². The first kappa shape index (κ1) is 17.1. The van der Waals surface area contributed by atoms with Gasteiger partial charge in [-0.2, -0.15) is 0 Å². The van der Waals surface area contributed by atoms with Crippen LogP contribution in [0.25, 0.3) is 0 Å². The Hall–Kier alpha value is -0.940. The molecule has 1 aromatic carbocycles. The van der Waals surface area contributed by atoms with Crippen LogP contribution >= 0.6 is 15.9 Å². The lowest BCUT2D eigenvalue weighted by molar-refractivity contribution is -0.161. The van der Waals surface area contributed by atoms with E-state index < -0.39 is 23.3 Å². The number of halogens is 2. The van der Waals surface area contributed by atoms with Crippen molar-refractivity contribution in [1.29, 1.82) is 0 Å². The SMILES string of the molecule is CCOC(=O)C(C(C)C)C(C)(O)c1cc(Br)ccc1F. The highest BCUT2D eigenvalue weighted by Crippen LogP contribution is 2.37. The van der Waals surface area contributed by atoms with E-state index in [-0.39, 0.29) is 18.1 Å². The number of hydrogen-bond acceptors (Lipinski definition) is 3. The zero-order valence-electron chi connectivity index (χ0n) is 12.1. The van der Waals surface area contributed by atoms with Crippen molar-refractivity contribution in [1.82, 2.24) is 0 Å². The molecule has 5 heteroatoms. The predicted octanol–water partition coefficient (Wildman–Crippen LogP) is 3.63. The first-order chi connectivity index (χ1) is 9.21. The van der Waals surface area contributed by atoms with E-state index in [0.717, 1.165) is 0 Å². The van der Waals surface area contributed by atoms with Gasteiger partial charge in [-0.1, -0.05) is 29.8 Å². The van der Waals surface area contributed by atoms with Gasteiger partial charge in [-0.3, -0.25) is 4.79 Å². The lowest BCUT2D eigenvalue weighted by atomic mass is 9.76. The molecule has 0 spiro atoms. The number of hydrogen-bond donors (Lipinski definition) is 1. The maximum Gasteiger partial charge on any atom is 0.312 e. The number of carbonyl (C=O) groups is 1. The average molecular weight is 347 g/mol. The van der Waals surface area contributed by atoms with E-state index in [1.165, 1.54) is 19.1 Å². The summed E-state index contributed by atoms with van der Waals surface area (Å²) in [5.74, 6) is -2.10. The Morgan fingerprint density at radius 2 is 2.10 bits per heavy atom. The summed E-state index contributed by atoms with van der Waals surface area (Å²) in [6.45, 7) is 6.96. The molecule has 1 aromatic rings. The first-order valence-electron chi connectivity index (χ1n) is 6.56. The third kappa shape index (κ3) is 3.58. The van der Waals surface area contributed by atoms with Gasteiger partial charge in [0, 0.05) is 10.0 Å². The monoisotopic (exact) mass is 346 g/mol. The molecule has 0 bridgehead atoms. The smallest absolute Gasteiger partial charge is 0.312 e. The Labute approximate surface area is 127 Å². The molecule has 0 saturated carbocycles. The molecule has 0 aliphatic heterocycles. The van der Waals surface area contributed by atoms with Crippen LogP contribution in [0.3, 0.4) is 0 Å². The minimum absolute atomic E-state index is 0.0821. The maximum absolute atomic E-state index is 14.0. The molecular weight excluding hydrogens is 327 g/mol. The van der Waals surface area contributed by atoms with Crippen LogP contribution in [0.5, 0.6) is 0 Å². The summed E-state index contributed by atoms with van der Waals surface area (Å²) in [5.41, 5.74) is -1.56. The van der Waals surface area contributed by atoms with Crippen molar-refractivity contribution in [2.45, 2.75) is 33.3 Å². The van der Waals surface area contributed by atoms with Gasteiger partial charge in [-0.15, -0.1) is 0 Å². The molecule has 0 saturated heterocycles. The predicted molar refractivity (Wildman–Crippen MR) is 78.6 cm³/mol. The molecule has 3 nitrogen and oxygen atoms in total. The van der Waals surface area contributed by atoms with Gasteiger partial charge in [-0.25, -0.2) is 4.39 Å². The van der Waals surface area contributed by atoms with E-state index in [1.54, 1.807) is 26.8 Å². The third-order valence-electron chi connectivity index (χ3n) is 3.29. The summed E-state index contributed by atoms with van der Waals surface area (Å²) in [7, 11) is 0. The second kappa shape index (κ2) is 6.68. The molecular formula is C15H20BrFO3. The molecule has 0 aromatic heterocycles. The summed E-state index contributed by atoms with van der Waals surface area (Å²) >= 11 is 3.25. The zero-order chi connectivity index (χ0) is 15.5. The zero-order valence-corrected chi connectivity index (χ0v) is 13.7. The van der Waals surface area contributed by atoms with Crippen LogP contribution in [0.4, 0.5) is 4.39 Å². The summed E-state index contributed by atoms with van der Waals surface area (Å²) < 4.78 is 19.7. The Bertz CT molecular complexity index is 486. The van der Waals surface area contributed by atoms with Gasteiger partial charge in [0.25, 0.3) is 0 Å². The van der Waals surface area contributed by atoms with Crippen molar-refractivity contribution >= 4 is 21.9 Å². The lowest BCUT2D eigenvalue weighted by Crippen LogP contribution is -2.42. The number of carbonyl (C=O) groups excluding carboxylic acids is 1. The standard InChI is InChI=1S/C15H20BrFO3/c1-5-20-14(18)13(9(2)3)15(4,19)11-8-10(16)6-7-12(11)17/h6-9,13,19H,5H2,1-4H3. The number of aliphatic hydroxyl groups is 1. The molecule has 1 rings (SSSR count). The Balaban J connectivity index is 3.28. The molecule has 0 aliphatic carbocycles. The maximum atomic E-state index is 14.0. The van der Waals surface area contributed by atoms with E-state index in [4.69, 9.17) is 4.74 Å². The minimum Gasteiger partial charge on any atom is -0.466 e. The molecule has 0 fully saturated rings. The minimum atomic E-state index is -1.64. The molecule has 112 valence electrons. The molecule has 0 aliphatic rings. The van der Waals surface area contributed by atoms with Gasteiger partial charge < -0.3 is 9.84 Å². The fourth-order valence-electron chi connectivity index (χ4n) is 2.44.